The van der Waals surface area contributed by atoms with E-state index in [-0.39, 0.29) is 6.04 Å². The highest BCUT2D eigenvalue weighted by Gasteiger charge is 2.15. The van der Waals surface area contributed by atoms with Gasteiger partial charge in [-0.15, -0.1) is 0 Å². The van der Waals surface area contributed by atoms with E-state index in [9.17, 15) is 4.79 Å². The lowest BCUT2D eigenvalue weighted by Gasteiger charge is -2.19. The van der Waals surface area contributed by atoms with Gasteiger partial charge in [0.15, 0.2) is 0 Å². The summed E-state index contributed by atoms with van der Waals surface area (Å²) in [5.74, 6) is 1.03. The third-order valence-electron chi connectivity index (χ3n) is 3.54. The van der Waals surface area contributed by atoms with Crippen LogP contribution in [-0.2, 0) is 17.6 Å². The predicted octanol–water partition coefficient (Wildman–Crippen LogP) is 3.89. The van der Waals surface area contributed by atoms with E-state index in [2.05, 4.69) is 23.8 Å². The van der Waals surface area contributed by atoms with Gasteiger partial charge in [-0.2, -0.15) is 0 Å². The maximum absolute atomic E-state index is 11.9. The van der Waals surface area contributed by atoms with E-state index in [4.69, 9.17) is 9.47 Å². The van der Waals surface area contributed by atoms with Crippen molar-refractivity contribution in [2.24, 2.45) is 0 Å². The zero-order valence-corrected chi connectivity index (χ0v) is 14.7. The zero-order valence-electron chi connectivity index (χ0n) is 14.7. The largest absolute Gasteiger partial charge is 0.490 e. The molecule has 2 aromatic rings. The van der Waals surface area contributed by atoms with Gasteiger partial charge in [-0.05, 0) is 37.0 Å². The standard InChI is InChI=1S/C20H24N2O3/c1-4-16-11-19(13-21-12-16)24-14-18(22-20(23)25-15(2)3)10-17-8-6-5-7-9-17/h5-9,11-13,18H,2,4,10,14H2,1,3H3,(H,22,23)/t18-/m0/s1. The van der Waals surface area contributed by atoms with Crippen LogP contribution in [0.4, 0.5) is 4.79 Å². The number of hydrogen-bond acceptors (Lipinski definition) is 4. The van der Waals surface area contributed by atoms with Crippen molar-refractivity contribution < 1.29 is 14.3 Å². The number of benzene rings is 1. The summed E-state index contributed by atoms with van der Waals surface area (Å²) in [5.41, 5.74) is 2.21. The van der Waals surface area contributed by atoms with Crippen LogP contribution in [0.1, 0.15) is 25.0 Å². The number of nitrogens with one attached hydrogen (secondary N) is 1. The highest BCUT2D eigenvalue weighted by molar-refractivity contribution is 5.68. The summed E-state index contributed by atoms with van der Waals surface area (Å²) in [7, 11) is 0. The van der Waals surface area contributed by atoms with Crippen LogP contribution in [0.5, 0.6) is 5.75 Å². The number of alkyl carbamates (subject to hydrolysis) is 1. The zero-order chi connectivity index (χ0) is 18.1. The molecular weight excluding hydrogens is 316 g/mol. The molecule has 1 heterocycles. The van der Waals surface area contributed by atoms with Crippen molar-refractivity contribution in [1.29, 1.82) is 0 Å². The molecule has 1 atom stereocenters. The topological polar surface area (TPSA) is 60.5 Å². The smallest absolute Gasteiger partial charge is 0.412 e. The Morgan fingerprint density at radius 1 is 1.24 bits per heavy atom. The number of allylic oxidation sites excluding steroid dienone is 1. The number of carbonyl (C=O) groups excluding carboxylic acids is 1. The number of amides is 1. The second-order valence-electron chi connectivity index (χ2n) is 5.82. The average molecular weight is 340 g/mol. The van der Waals surface area contributed by atoms with Gasteiger partial charge in [0, 0.05) is 6.20 Å². The molecule has 1 N–H and O–H groups in total. The molecule has 1 aromatic heterocycles. The Labute approximate surface area is 148 Å². The molecule has 0 saturated heterocycles. The monoisotopic (exact) mass is 340 g/mol. The molecule has 0 bridgehead atoms. The number of nitrogens with zero attached hydrogens (tertiary/aromatic N) is 1. The van der Waals surface area contributed by atoms with E-state index >= 15 is 0 Å². The molecule has 0 aliphatic heterocycles. The van der Waals surface area contributed by atoms with Crippen LogP contribution < -0.4 is 10.1 Å². The van der Waals surface area contributed by atoms with Gasteiger partial charge in [-0.25, -0.2) is 4.79 Å². The molecule has 0 saturated carbocycles. The quantitative estimate of drug-likeness (QED) is 0.741. The van der Waals surface area contributed by atoms with E-state index in [0.29, 0.717) is 24.5 Å². The summed E-state index contributed by atoms with van der Waals surface area (Å²) >= 11 is 0. The number of hydrogen-bond donors (Lipinski definition) is 1. The van der Waals surface area contributed by atoms with Gasteiger partial charge in [0.25, 0.3) is 0 Å². The molecule has 2 rings (SSSR count). The number of rotatable bonds is 8. The highest BCUT2D eigenvalue weighted by atomic mass is 16.6. The van der Waals surface area contributed by atoms with Crippen molar-refractivity contribution >= 4 is 6.09 Å². The van der Waals surface area contributed by atoms with E-state index < -0.39 is 6.09 Å². The number of ether oxygens (including phenoxy) is 2. The van der Waals surface area contributed by atoms with Gasteiger partial charge >= 0.3 is 6.09 Å². The van der Waals surface area contributed by atoms with Crippen molar-refractivity contribution in [2.45, 2.75) is 32.7 Å². The molecule has 1 amide bonds. The van der Waals surface area contributed by atoms with E-state index in [1.165, 1.54) is 0 Å². The molecule has 0 aliphatic rings. The lowest BCUT2D eigenvalue weighted by molar-refractivity contribution is 0.164. The van der Waals surface area contributed by atoms with Crippen molar-refractivity contribution in [2.75, 3.05) is 6.61 Å². The Balaban J connectivity index is 2.02. The molecular formula is C20H24N2O3. The van der Waals surface area contributed by atoms with Gasteiger partial charge in [0.1, 0.15) is 12.4 Å². The SMILES string of the molecule is C=C(C)OC(=O)N[C@H](COc1cncc(CC)c1)Cc1ccccc1. The number of carbonyl (C=O) groups is 1. The van der Waals surface area contributed by atoms with Gasteiger partial charge in [0.05, 0.1) is 18.0 Å². The maximum atomic E-state index is 11.9. The number of aromatic nitrogens is 1. The van der Waals surface area contributed by atoms with Gasteiger partial charge in [-0.3, -0.25) is 4.98 Å². The molecule has 0 aliphatic carbocycles. The van der Waals surface area contributed by atoms with E-state index in [1.807, 2.05) is 42.6 Å². The Kier molecular flexibility index (Phi) is 7.01. The minimum atomic E-state index is -0.530. The molecule has 5 heteroatoms. The van der Waals surface area contributed by atoms with Crippen LogP contribution in [0, 0.1) is 0 Å². The van der Waals surface area contributed by atoms with Crippen molar-refractivity contribution in [3.8, 4) is 5.75 Å². The minimum Gasteiger partial charge on any atom is -0.490 e. The second-order valence-corrected chi connectivity index (χ2v) is 5.82. The Hall–Kier alpha value is -2.82. The third-order valence-corrected chi connectivity index (χ3v) is 3.54. The molecule has 0 unspecified atom stereocenters. The van der Waals surface area contributed by atoms with Crippen LogP contribution >= 0.6 is 0 Å². The Bertz CT molecular complexity index is 701. The minimum absolute atomic E-state index is 0.237. The van der Waals surface area contributed by atoms with Crippen LogP contribution in [-0.4, -0.2) is 23.7 Å². The molecule has 1 aromatic carbocycles. The average Bonchev–Trinajstić information content (AvgIpc) is 2.60. The van der Waals surface area contributed by atoms with Crippen LogP contribution in [0.2, 0.25) is 0 Å². The second kappa shape index (κ2) is 9.47. The first-order chi connectivity index (χ1) is 12.1. The van der Waals surface area contributed by atoms with E-state index in [0.717, 1.165) is 17.5 Å². The van der Waals surface area contributed by atoms with Crippen molar-refractivity contribution in [3.05, 3.63) is 72.3 Å². The van der Waals surface area contributed by atoms with Crippen LogP contribution in [0.3, 0.4) is 0 Å². The van der Waals surface area contributed by atoms with Crippen molar-refractivity contribution in [1.82, 2.24) is 10.3 Å². The normalized spacial score (nSPS) is 11.4. The molecule has 0 spiro atoms. The van der Waals surface area contributed by atoms with Crippen LogP contribution in [0.15, 0.2) is 61.1 Å². The first-order valence-corrected chi connectivity index (χ1v) is 8.31. The third kappa shape index (κ3) is 6.67. The fraction of sp³-hybridized carbons (Fsp3) is 0.300. The Morgan fingerprint density at radius 3 is 2.68 bits per heavy atom. The van der Waals surface area contributed by atoms with E-state index in [1.54, 1.807) is 13.1 Å². The summed E-state index contributed by atoms with van der Waals surface area (Å²) in [6.45, 7) is 7.58. The number of pyridine rings is 1. The fourth-order valence-corrected chi connectivity index (χ4v) is 2.34. The molecule has 25 heavy (non-hydrogen) atoms. The summed E-state index contributed by atoms with van der Waals surface area (Å²) in [6.07, 6.45) is 4.48. The molecule has 5 nitrogen and oxygen atoms in total. The summed E-state index contributed by atoms with van der Waals surface area (Å²) in [6, 6.07) is 11.6. The first kappa shape index (κ1) is 18.5. The first-order valence-electron chi connectivity index (χ1n) is 8.31. The van der Waals surface area contributed by atoms with Gasteiger partial charge in [-0.1, -0.05) is 43.8 Å². The van der Waals surface area contributed by atoms with Crippen molar-refractivity contribution in [3.63, 3.8) is 0 Å². The fourth-order valence-electron chi connectivity index (χ4n) is 2.34. The Morgan fingerprint density at radius 2 is 2.00 bits per heavy atom. The lowest BCUT2D eigenvalue weighted by Crippen LogP contribution is -2.40. The summed E-state index contributed by atoms with van der Waals surface area (Å²) < 4.78 is 10.8. The van der Waals surface area contributed by atoms with Gasteiger partial charge < -0.3 is 14.8 Å². The molecule has 132 valence electrons. The highest BCUT2D eigenvalue weighted by Crippen LogP contribution is 2.13. The predicted molar refractivity (Wildman–Crippen MR) is 97.5 cm³/mol. The molecule has 0 radical (unpaired) electrons. The lowest BCUT2D eigenvalue weighted by atomic mass is 10.1. The summed E-state index contributed by atoms with van der Waals surface area (Å²) in [5, 5.41) is 2.83. The maximum Gasteiger partial charge on any atom is 0.412 e. The molecule has 0 fully saturated rings. The van der Waals surface area contributed by atoms with Crippen LogP contribution in [0.25, 0.3) is 0 Å². The van der Waals surface area contributed by atoms with Gasteiger partial charge in [0.2, 0.25) is 0 Å². The number of aryl methyl sites for hydroxylation is 1. The summed E-state index contributed by atoms with van der Waals surface area (Å²) in [4.78, 5) is 16.1.